The van der Waals surface area contributed by atoms with Crippen molar-refractivity contribution in [3.05, 3.63) is 0 Å². The van der Waals surface area contributed by atoms with Crippen LogP contribution in [0.4, 0.5) is 9.59 Å². The van der Waals surface area contributed by atoms with Gasteiger partial charge in [0, 0.05) is 5.23 Å². The second kappa shape index (κ2) is 10.5. The Morgan fingerprint density at radius 3 is 1.44 bits per heavy atom. The van der Waals surface area contributed by atoms with Crippen LogP contribution in [0.5, 0.6) is 0 Å². The summed E-state index contributed by atoms with van der Waals surface area (Å²) in [5, 5.41) is 15.8. The molecule has 4 N–H and O–H groups in total. The molecule has 0 rings (SSSR count). The Hall–Kier alpha value is -1.62. The van der Waals surface area contributed by atoms with Crippen LogP contribution in [0.3, 0.4) is 0 Å². The molecule has 0 aliphatic rings. The van der Waals surface area contributed by atoms with Crippen molar-refractivity contribution < 1.29 is 39.6 Å². The van der Waals surface area contributed by atoms with Crippen LogP contribution in [-0.2, 0) is 19.8 Å². The molecule has 0 aromatic carbocycles. The van der Waals surface area contributed by atoms with Gasteiger partial charge in [0.25, 0.3) is 0 Å². The first-order chi connectivity index (χ1) is 8.16. The number of nitrogens with zero attached hydrogens (tertiary/aromatic N) is 1. The van der Waals surface area contributed by atoms with Crippen LogP contribution >= 0.6 is 0 Å². The lowest BCUT2D eigenvalue weighted by Gasteiger charge is -2.16. The van der Waals surface area contributed by atoms with Crippen molar-refractivity contribution >= 4 is 12.2 Å². The minimum Gasteiger partial charge on any atom is -0.465 e. The van der Waals surface area contributed by atoms with E-state index in [4.69, 9.17) is 15.0 Å². The summed E-state index contributed by atoms with van der Waals surface area (Å²) < 4.78 is 0. The molecule has 0 fully saturated rings. The van der Waals surface area contributed by atoms with Gasteiger partial charge in [-0.2, -0.15) is 0 Å². The van der Waals surface area contributed by atoms with Gasteiger partial charge in [-0.25, -0.2) is 19.4 Å². The van der Waals surface area contributed by atoms with Crippen molar-refractivity contribution in [2.75, 3.05) is 0 Å². The number of carboxylic acid groups (broad SMARTS) is 2. The van der Waals surface area contributed by atoms with Gasteiger partial charge in [-0.1, -0.05) is 9.98 Å². The lowest BCUT2D eigenvalue weighted by atomic mass is 10.5. The standard InChI is InChI=1S/C7H15NO6.CH3NO2/c1-5(2)11-13-8(7(9)10)14-12-6(3)4;2-1(3)4/h5-6H,1-4H3,(H,9,10);2H2,(H,3,4). The first kappa shape index (κ1) is 18.7. The molecular formula is C8H18N2O8. The molecule has 108 valence electrons. The monoisotopic (exact) mass is 270 g/mol. The van der Waals surface area contributed by atoms with E-state index in [0.29, 0.717) is 0 Å². The average Bonchev–Trinajstić information content (AvgIpc) is 2.14. The van der Waals surface area contributed by atoms with Crippen molar-refractivity contribution in [3.63, 3.8) is 0 Å². The molecule has 18 heavy (non-hydrogen) atoms. The Bertz CT molecular complexity index is 229. The van der Waals surface area contributed by atoms with Gasteiger partial charge in [0.05, 0.1) is 12.2 Å². The Balaban J connectivity index is 0. The lowest BCUT2D eigenvalue weighted by Crippen LogP contribution is -2.32. The van der Waals surface area contributed by atoms with E-state index in [-0.39, 0.29) is 17.4 Å². The highest BCUT2D eigenvalue weighted by Gasteiger charge is 2.18. The van der Waals surface area contributed by atoms with Crippen LogP contribution in [0.15, 0.2) is 0 Å². The molecular weight excluding hydrogens is 252 g/mol. The van der Waals surface area contributed by atoms with Gasteiger partial charge in [-0.3, -0.25) is 0 Å². The maximum atomic E-state index is 10.4. The highest BCUT2D eigenvalue weighted by molar-refractivity contribution is 5.62. The fraction of sp³-hybridized carbons (Fsp3) is 0.750. The molecule has 0 spiro atoms. The molecule has 0 saturated carbocycles. The number of nitrogens with two attached hydrogens (primary N) is 1. The van der Waals surface area contributed by atoms with Gasteiger partial charge in [0.2, 0.25) is 0 Å². The molecule has 0 saturated heterocycles. The van der Waals surface area contributed by atoms with E-state index in [1.54, 1.807) is 27.7 Å². The number of hydrogen-bond acceptors (Lipinski definition) is 6. The zero-order chi connectivity index (χ0) is 14.7. The molecule has 2 amide bonds. The molecule has 10 nitrogen and oxygen atoms in total. The van der Waals surface area contributed by atoms with Crippen molar-refractivity contribution in [2.45, 2.75) is 39.9 Å². The minimum atomic E-state index is -1.48. The average molecular weight is 270 g/mol. The normalized spacial score (nSPS) is 9.89. The van der Waals surface area contributed by atoms with Gasteiger partial charge < -0.3 is 15.9 Å². The number of hydroxylamine groups is 2. The number of carbonyl (C=O) groups is 2. The third-order valence-electron chi connectivity index (χ3n) is 0.763. The highest BCUT2D eigenvalue weighted by Crippen LogP contribution is 2.01. The first-order valence-corrected chi connectivity index (χ1v) is 4.85. The van der Waals surface area contributed by atoms with E-state index in [1.165, 1.54) is 0 Å². The van der Waals surface area contributed by atoms with Crippen molar-refractivity contribution in [1.82, 2.24) is 5.23 Å². The number of primary amides is 1. The molecule has 0 aliphatic heterocycles. The SMILES string of the molecule is CC(C)OON(OOC(C)C)C(=O)O.NC(=O)O. The Labute approximate surface area is 104 Å². The smallest absolute Gasteiger partial charge is 0.462 e. The minimum absolute atomic E-state index is 0.0833. The maximum Gasteiger partial charge on any atom is 0.462 e. The zero-order valence-electron chi connectivity index (χ0n) is 10.5. The Morgan fingerprint density at radius 1 is 1.00 bits per heavy atom. The molecule has 0 heterocycles. The van der Waals surface area contributed by atoms with E-state index < -0.39 is 12.2 Å². The van der Waals surface area contributed by atoms with Crippen LogP contribution in [0.1, 0.15) is 27.7 Å². The Kier molecular flexibility index (Phi) is 11.0. The third-order valence-corrected chi connectivity index (χ3v) is 0.763. The van der Waals surface area contributed by atoms with Gasteiger partial charge in [-0.05, 0) is 27.7 Å². The lowest BCUT2D eigenvalue weighted by molar-refractivity contribution is -0.590. The highest BCUT2D eigenvalue weighted by atomic mass is 17.4. The van der Waals surface area contributed by atoms with Crippen LogP contribution in [0.2, 0.25) is 0 Å². The van der Waals surface area contributed by atoms with Gasteiger partial charge in [0.1, 0.15) is 0 Å². The molecule has 0 aromatic rings. The van der Waals surface area contributed by atoms with E-state index in [2.05, 4.69) is 25.5 Å². The van der Waals surface area contributed by atoms with Gasteiger partial charge >= 0.3 is 12.2 Å². The number of hydrogen-bond donors (Lipinski definition) is 3. The molecule has 0 aliphatic carbocycles. The number of amides is 2. The molecule has 0 aromatic heterocycles. The fourth-order valence-corrected chi connectivity index (χ4v) is 0.326. The van der Waals surface area contributed by atoms with Crippen molar-refractivity contribution in [3.8, 4) is 0 Å². The number of rotatable bonds is 6. The summed E-state index contributed by atoms with van der Waals surface area (Å²) in [5.41, 5.74) is 4.03. The van der Waals surface area contributed by atoms with Crippen LogP contribution < -0.4 is 5.73 Å². The van der Waals surface area contributed by atoms with E-state index in [1.807, 2.05) is 0 Å². The summed E-state index contributed by atoms with van der Waals surface area (Å²) in [7, 11) is 0. The molecule has 0 atom stereocenters. The Morgan fingerprint density at radius 2 is 1.28 bits per heavy atom. The van der Waals surface area contributed by atoms with Crippen LogP contribution in [-0.4, -0.2) is 39.8 Å². The summed E-state index contributed by atoms with van der Waals surface area (Å²) in [5.74, 6) is 0. The molecule has 10 heteroatoms. The predicted molar refractivity (Wildman–Crippen MR) is 56.7 cm³/mol. The quantitative estimate of drug-likeness (QED) is 0.481. The van der Waals surface area contributed by atoms with Crippen molar-refractivity contribution in [2.24, 2.45) is 5.73 Å². The van der Waals surface area contributed by atoms with E-state index in [0.717, 1.165) is 0 Å². The molecule has 0 radical (unpaired) electrons. The largest absolute Gasteiger partial charge is 0.465 e. The summed E-state index contributed by atoms with van der Waals surface area (Å²) in [6.45, 7) is 6.68. The van der Waals surface area contributed by atoms with Crippen LogP contribution in [0, 0.1) is 0 Å². The van der Waals surface area contributed by atoms with Gasteiger partial charge in [-0.15, -0.1) is 0 Å². The van der Waals surface area contributed by atoms with Crippen LogP contribution in [0.25, 0.3) is 0 Å². The van der Waals surface area contributed by atoms with E-state index >= 15 is 0 Å². The predicted octanol–water partition coefficient (Wildman–Crippen LogP) is 1.13. The fourth-order valence-electron chi connectivity index (χ4n) is 0.326. The zero-order valence-corrected chi connectivity index (χ0v) is 10.5. The molecule has 0 unspecified atom stereocenters. The molecule has 0 bridgehead atoms. The van der Waals surface area contributed by atoms with Gasteiger partial charge in [0.15, 0.2) is 0 Å². The summed E-state index contributed by atoms with van der Waals surface area (Å²) >= 11 is 0. The first-order valence-electron chi connectivity index (χ1n) is 4.85. The second-order valence-corrected chi connectivity index (χ2v) is 3.32. The summed E-state index contributed by atoms with van der Waals surface area (Å²) in [4.78, 5) is 36.9. The summed E-state index contributed by atoms with van der Waals surface area (Å²) in [6.07, 6.45) is -3.40. The van der Waals surface area contributed by atoms with E-state index in [9.17, 15) is 4.79 Å². The maximum absolute atomic E-state index is 10.4. The third kappa shape index (κ3) is 16.8. The summed E-state index contributed by atoms with van der Waals surface area (Å²) in [6, 6.07) is 0. The second-order valence-electron chi connectivity index (χ2n) is 3.32. The topological polar surface area (TPSA) is 141 Å². The van der Waals surface area contributed by atoms with Crippen molar-refractivity contribution in [1.29, 1.82) is 0 Å².